The molecule has 0 aliphatic carbocycles. The summed E-state index contributed by atoms with van der Waals surface area (Å²) >= 11 is 0. The van der Waals surface area contributed by atoms with Crippen molar-refractivity contribution >= 4 is 16.7 Å². The van der Waals surface area contributed by atoms with Gasteiger partial charge in [0.05, 0.1) is 17.3 Å². The topological polar surface area (TPSA) is 54.3 Å². The lowest BCUT2D eigenvalue weighted by Crippen LogP contribution is -2.40. The van der Waals surface area contributed by atoms with E-state index in [-0.39, 0.29) is 17.5 Å². The summed E-state index contributed by atoms with van der Waals surface area (Å²) in [6.07, 6.45) is 4.23. The van der Waals surface area contributed by atoms with E-state index in [9.17, 15) is 9.59 Å². The monoisotopic (exact) mass is 493 g/mol. The Labute approximate surface area is 218 Å². The van der Waals surface area contributed by atoms with Gasteiger partial charge in [-0.3, -0.25) is 19.1 Å². The molecule has 0 saturated carbocycles. The first-order valence-electron chi connectivity index (χ1n) is 13.4. The first-order valence-corrected chi connectivity index (χ1v) is 13.4. The summed E-state index contributed by atoms with van der Waals surface area (Å²) in [4.78, 5) is 30.6. The average molecular weight is 494 g/mol. The number of carbonyl (C=O) groups is 1. The van der Waals surface area contributed by atoms with Gasteiger partial charge in [-0.15, -0.1) is 0 Å². The Balaban J connectivity index is 1.71. The summed E-state index contributed by atoms with van der Waals surface area (Å²) < 4.78 is 1.77. The summed E-state index contributed by atoms with van der Waals surface area (Å²) in [5, 5.41) is 4.57. The number of rotatable bonds is 7. The van der Waals surface area contributed by atoms with E-state index in [2.05, 4.69) is 24.1 Å². The number of piperidine rings is 1. The first-order chi connectivity index (χ1) is 18.1. The molecular formula is C32H35N3O2. The third kappa shape index (κ3) is 5.09. The second kappa shape index (κ2) is 11.1. The number of aromatic nitrogens is 1. The van der Waals surface area contributed by atoms with Crippen LogP contribution in [0.2, 0.25) is 0 Å². The van der Waals surface area contributed by atoms with E-state index in [4.69, 9.17) is 0 Å². The highest BCUT2D eigenvalue weighted by Crippen LogP contribution is 2.28. The van der Waals surface area contributed by atoms with Crippen LogP contribution in [0.15, 0.2) is 89.7 Å². The van der Waals surface area contributed by atoms with Gasteiger partial charge in [0.15, 0.2) is 0 Å². The average Bonchev–Trinajstić information content (AvgIpc) is 2.94. The predicted molar refractivity (Wildman–Crippen MR) is 150 cm³/mol. The number of likely N-dealkylation sites (tertiary alicyclic amines) is 1. The number of amides is 1. The summed E-state index contributed by atoms with van der Waals surface area (Å²) in [6.45, 7) is 5.82. The van der Waals surface area contributed by atoms with Gasteiger partial charge in [-0.25, -0.2) is 0 Å². The molecule has 0 bridgehead atoms. The molecule has 1 aromatic heterocycles. The molecule has 1 unspecified atom stereocenters. The van der Waals surface area contributed by atoms with Crippen molar-refractivity contribution in [3.05, 3.63) is 112 Å². The fourth-order valence-electron chi connectivity index (χ4n) is 5.57. The third-order valence-electron chi connectivity index (χ3n) is 7.64. The highest BCUT2D eigenvalue weighted by Gasteiger charge is 2.28. The zero-order valence-corrected chi connectivity index (χ0v) is 21.7. The van der Waals surface area contributed by atoms with Crippen LogP contribution in [-0.2, 0) is 6.54 Å². The maximum atomic E-state index is 14.2. The van der Waals surface area contributed by atoms with Crippen LogP contribution in [0, 0.1) is 0 Å². The summed E-state index contributed by atoms with van der Waals surface area (Å²) in [5.74, 6) is -0.142. The lowest BCUT2D eigenvalue weighted by molar-refractivity contribution is 0.0931. The molecule has 0 radical (unpaired) electrons. The Bertz CT molecular complexity index is 1430. The van der Waals surface area contributed by atoms with Crippen molar-refractivity contribution in [1.29, 1.82) is 0 Å². The van der Waals surface area contributed by atoms with Crippen molar-refractivity contribution in [3.63, 3.8) is 0 Å². The number of fused-ring (bicyclic) bond motifs is 1. The van der Waals surface area contributed by atoms with Gasteiger partial charge < -0.3 is 5.32 Å². The van der Waals surface area contributed by atoms with Gasteiger partial charge >= 0.3 is 0 Å². The van der Waals surface area contributed by atoms with Crippen molar-refractivity contribution in [2.75, 3.05) is 6.54 Å². The standard InChI is InChI=1S/C32H35N3O2/c1-3-28(24-15-6-4-7-16-24)33-31(36)30-26-19-10-11-20-27(26)32(37)35(25-17-8-5-9-18-25)29(30)22-34-21-13-12-14-23(34)2/h4-11,15-20,23,28H,3,12-14,21-22H2,1-2H3,(H,33,36)/t23?,28-/m0/s1. The van der Waals surface area contributed by atoms with Gasteiger partial charge in [-0.2, -0.15) is 0 Å². The molecule has 2 atom stereocenters. The van der Waals surface area contributed by atoms with Crippen LogP contribution in [0.25, 0.3) is 16.5 Å². The minimum absolute atomic E-state index is 0.0897. The zero-order chi connectivity index (χ0) is 25.8. The van der Waals surface area contributed by atoms with E-state index in [1.54, 1.807) is 4.57 Å². The number of para-hydroxylation sites is 1. The van der Waals surface area contributed by atoms with Crippen molar-refractivity contribution in [1.82, 2.24) is 14.8 Å². The number of pyridine rings is 1. The zero-order valence-electron chi connectivity index (χ0n) is 21.7. The van der Waals surface area contributed by atoms with Crippen LogP contribution in [0.1, 0.15) is 67.2 Å². The molecule has 3 aromatic carbocycles. The van der Waals surface area contributed by atoms with Gasteiger partial charge in [0, 0.05) is 29.0 Å². The Morgan fingerprint density at radius 1 is 0.919 bits per heavy atom. The molecule has 1 amide bonds. The smallest absolute Gasteiger partial charge is 0.263 e. The van der Waals surface area contributed by atoms with Crippen LogP contribution >= 0.6 is 0 Å². The minimum Gasteiger partial charge on any atom is -0.345 e. The van der Waals surface area contributed by atoms with Crippen LogP contribution in [-0.4, -0.2) is 28.0 Å². The SMILES string of the molecule is CC[C@H](NC(=O)c1c(CN2CCCCC2C)n(-c2ccccc2)c(=O)c2ccccc12)c1ccccc1. The summed E-state index contributed by atoms with van der Waals surface area (Å²) in [5.41, 5.74) is 3.11. The molecule has 1 N–H and O–H groups in total. The molecule has 1 aliphatic heterocycles. The number of carbonyl (C=O) groups excluding carboxylic acids is 1. The quantitative estimate of drug-likeness (QED) is 0.331. The number of hydrogen-bond donors (Lipinski definition) is 1. The van der Waals surface area contributed by atoms with E-state index in [0.717, 1.165) is 42.8 Å². The van der Waals surface area contributed by atoms with Crippen LogP contribution in [0.4, 0.5) is 0 Å². The van der Waals surface area contributed by atoms with Gasteiger partial charge in [0.1, 0.15) is 0 Å². The van der Waals surface area contributed by atoms with E-state index in [1.165, 1.54) is 6.42 Å². The molecule has 0 spiro atoms. The second-order valence-corrected chi connectivity index (χ2v) is 10.0. The minimum atomic E-state index is -0.142. The molecule has 5 heteroatoms. The van der Waals surface area contributed by atoms with Gasteiger partial charge in [-0.05, 0) is 56.5 Å². The molecular weight excluding hydrogens is 458 g/mol. The van der Waals surface area contributed by atoms with Gasteiger partial charge in [0.2, 0.25) is 0 Å². The molecule has 1 saturated heterocycles. The molecule has 4 aromatic rings. The highest BCUT2D eigenvalue weighted by atomic mass is 16.2. The van der Waals surface area contributed by atoms with Crippen molar-refractivity contribution in [2.24, 2.45) is 0 Å². The van der Waals surface area contributed by atoms with Gasteiger partial charge in [-0.1, -0.05) is 80.1 Å². The second-order valence-electron chi connectivity index (χ2n) is 10.0. The molecule has 1 aliphatic rings. The number of nitrogens with one attached hydrogen (secondary N) is 1. The molecule has 5 rings (SSSR count). The summed E-state index contributed by atoms with van der Waals surface area (Å²) in [7, 11) is 0. The largest absolute Gasteiger partial charge is 0.345 e. The molecule has 5 nitrogen and oxygen atoms in total. The Hall–Kier alpha value is -3.70. The maximum absolute atomic E-state index is 14.2. The molecule has 2 heterocycles. The van der Waals surface area contributed by atoms with Gasteiger partial charge in [0.25, 0.3) is 11.5 Å². The fraction of sp³-hybridized carbons (Fsp3) is 0.312. The van der Waals surface area contributed by atoms with Crippen molar-refractivity contribution in [2.45, 2.75) is 58.2 Å². The van der Waals surface area contributed by atoms with Crippen LogP contribution < -0.4 is 10.9 Å². The molecule has 190 valence electrons. The molecule has 1 fully saturated rings. The van der Waals surface area contributed by atoms with E-state index < -0.39 is 0 Å². The Morgan fingerprint density at radius 3 is 2.24 bits per heavy atom. The molecule has 37 heavy (non-hydrogen) atoms. The van der Waals surface area contributed by atoms with Crippen LogP contribution in [0.3, 0.4) is 0 Å². The third-order valence-corrected chi connectivity index (χ3v) is 7.64. The number of benzene rings is 3. The highest BCUT2D eigenvalue weighted by molar-refractivity contribution is 6.08. The first kappa shape index (κ1) is 25.0. The van der Waals surface area contributed by atoms with E-state index in [1.807, 2.05) is 84.9 Å². The number of hydrogen-bond acceptors (Lipinski definition) is 3. The van der Waals surface area contributed by atoms with E-state index >= 15 is 0 Å². The van der Waals surface area contributed by atoms with E-state index in [0.29, 0.717) is 28.9 Å². The lowest BCUT2D eigenvalue weighted by atomic mass is 9.98. The number of nitrogens with zero attached hydrogens (tertiary/aromatic N) is 2. The van der Waals surface area contributed by atoms with Crippen molar-refractivity contribution < 1.29 is 4.79 Å². The van der Waals surface area contributed by atoms with Crippen molar-refractivity contribution in [3.8, 4) is 5.69 Å². The Kier molecular flexibility index (Phi) is 7.52. The normalized spacial score (nSPS) is 17.0. The van der Waals surface area contributed by atoms with Crippen LogP contribution in [0.5, 0.6) is 0 Å². The fourth-order valence-corrected chi connectivity index (χ4v) is 5.57. The maximum Gasteiger partial charge on any atom is 0.263 e. The predicted octanol–water partition coefficient (Wildman–Crippen LogP) is 6.25. The Morgan fingerprint density at radius 2 is 1.57 bits per heavy atom. The summed E-state index contributed by atoms with van der Waals surface area (Å²) in [6, 6.07) is 27.6. The lowest BCUT2D eigenvalue weighted by Gasteiger charge is -2.34.